The van der Waals surface area contributed by atoms with Crippen molar-refractivity contribution in [2.45, 2.75) is 18.2 Å². The lowest BCUT2D eigenvalue weighted by atomic mass is 10.3. The van der Waals surface area contributed by atoms with Crippen molar-refractivity contribution in [2.75, 3.05) is 6.54 Å². The molecule has 3 nitrogen and oxygen atoms in total. The molecule has 0 saturated carbocycles. The van der Waals surface area contributed by atoms with E-state index in [-0.39, 0.29) is 9.37 Å². The highest BCUT2D eigenvalue weighted by Gasteiger charge is 2.21. The van der Waals surface area contributed by atoms with Crippen LogP contribution in [0.4, 0.5) is 4.39 Å². The van der Waals surface area contributed by atoms with Crippen LogP contribution in [0.5, 0.6) is 0 Å². The average molecular weight is 296 g/mol. The second kappa shape index (κ2) is 5.05. The minimum atomic E-state index is -3.76. The third-order valence-electron chi connectivity index (χ3n) is 1.73. The van der Waals surface area contributed by atoms with Crippen LogP contribution in [0, 0.1) is 5.82 Å². The van der Waals surface area contributed by atoms with Crippen LogP contribution in [-0.2, 0) is 10.0 Å². The van der Waals surface area contributed by atoms with Crippen LogP contribution in [0.1, 0.15) is 13.3 Å². The van der Waals surface area contributed by atoms with Crippen molar-refractivity contribution in [3.8, 4) is 0 Å². The Morgan fingerprint density at radius 3 is 2.67 bits per heavy atom. The van der Waals surface area contributed by atoms with Crippen molar-refractivity contribution in [1.29, 1.82) is 0 Å². The second-order valence-corrected chi connectivity index (χ2v) is 5.51. The Morgan fingerprint density at radius 1 is 1.47 bits per heavy atom. The third-order valence-corrected chi connectivity index (χ3v) is 4.19. The molecular formula is C9H11BrFNO2S. The van der Waals surface area contributed by atoms with E-state index in [0.29, 0.717) is 13.0 Å². The molecule has 0 aliphatic carbocycles. The average Bonchev–Trinajstić information content (AvgIpc) is 2.14. The molecule has 0 atom stereocenters. The second-order valence-electron chi connectivity index (χ2n) is 2.95. The quantitative estimate of drug-likeness (QED) is 0.926. The van der Waals surface area contributed by atoms with Gasteiger partial charge in [-0.15, -0.1) is 0 Å². The fourth-order valence-corrected chi connectivity index (χ4v) is 3.30. The molecule has 0 aliphatic heterocycles. The molecule has 1 N–H and O–H groups in total. The van der Waals surface area contributed by atoms with E-state index >= 15 is 0 Å². The van der Waals surface area contributed by atoms with Crippen LogP contribution in [0.2, 0.25) is 0 Å². The topological polar surface area (TPSA) is 46.2 Å². The Bertz CT molecular complexity index is 427. The van der Waals surface area contributed by atoms with Crippen molar-refractivity contribution in [2.24, 2.45) is 0 Å². The van der Waals surface area contributed by atoms with E-state index in [1.54, 1.807) is 0 Å². The van der Waals surface area contributed by atoms with E-state index in [0.717, 1.165) is 6.07 Å². The highest BCUT2D eigenvalue weighted by molar-refractivity contribution is 9.10. The summed E-state index contributed by atoms with van der Waals surface area (Å²) in [6.45, 7) is 2.13. The van der Waals surface area contributed by atoms with Gasteiger partial charge < -0.3 is 0 Å². The number of sulfonamides is 1. The summed E-state index contributed by atoms with van der Waals surface area (Å²) in [6, 6.07) is 4.05. The Balaban J connectivity index is 3.15. The lowest BCUT2D eigenvalue weighted by Gasteiger charge is -2.08. The predicted molar refractivity (Wildman–Crippen MR) is 59.6 cm³/mol. The van der Waals surface area contributed by atoms with Crippen molar-refractivity contribution in [3.05, 3.63) is 28.5 Å². The zero-order chi connectivity index (χ0) is 11.5. The van der Waals surface area contributed by atoms with Crippen LogP contribution in [-0.4, -0.2) is 15.0 Å². The smallest absolute Gasteiger partial charge is 0.211 e. The summed E-state index contributed by atoms with van der Waals surface area (Å²) < 4.78 is 39.2. The number of halogens is 2. The molecule has 1 aromatic carbocycles. The molecule has 0 aliphatic rings. The third kappa shape index (κ3) is 2.99. The molecule has 6 heteroatoms. The van der Waals surface area contributed by atoms with Gasteiger partial charge in [-0.3, -0.25) is 0 Å². The van der Waals surface area contributed by atoms with Gasteiger partial charge in [0.05, 0.1) is 0 Å². The molecular weight excluding hydrogens is 285 g/mol. The Hall–Kier alpha value is -0.460. The maximum absolute atomic E-state index is 13.3. The lowest BCUT2D eigenvalue weighted by Crippen LogP contribution is -2.25. The first-order valence-electron chi connectivity index (χ1n) is 4.42. The zero-order valence-electron chi connectivity index (χ0n) is 8.13. The predicted octanol–water partition coefficient (Wildman–Crippen LogP) is 2.28. The summed E-state index contributed by atoms with van der Waals surface area (Å²) in [5, 5.41) is 0. The number of hydrogen-bond acceptors (Lipinski definition) is 2. The first kappa shape index (κ1) is 12.6. The zero-order valence-corrected chi connectivity index (χ0v) is 10.5. The Kier molecular flexibility index (Phi) is 4.24. The molecule has 1 rings (SSSR count). The van der Waals surface area contributed by atoms with Gasteiger partial charge in [0.25, 0.3) is 0 Å². The molecule has 0 saturated heterocycles. The number of rotatable bonds is 4. The fourth-order valence-electron chi connectivity index (χ4n) is 1.05. The number of hydrogen-bond donors (Lipinski definition) is 1. The normalized spacial score (nSPS) is 11.7. The molecule has 15 heavy (non-hydrogen) atoms. The molecule has 0 amide bonds. The largest absolute Gasteiger partial charge is 0.244 e. The van der Waals surface area contributed by atoms with E-state index in [2.05, 4.69) is 20.7 Å². The Labute approximate surface area is 96.9 Å². The van der Waals surface area contributed by atoms with Gasteiger partial charge in [-0.1, -0.05) is 13.0 Å². The first-order valence-corrected chi connectivity index (χ1v) is 6.70. The van der Waals surface area contributed by atoms with Crippen LogP contribution < -0.4 is 4.72 Å². The summed E-state index contributed by atoms with van der Waals surface area (Å²) in [5.41, 5.74) is 0. The molecule has 0 aromatic heterocycles. The summed E-state index contributed by atoms with van der Waals surface area (Å²) in [4.78, 5) is -0.335. The standard InChI is InChI=1S/C9H11BrFNO2S/c1-2-6-12-15(13,14)9-7(10)4-3-5-8(9)11/h3-5,12H,2,6H2,1H3. The van der Waals surface area contributed by atoms with E-state index in [1.165, 1.54) is 12.1 Å². The fraction of sp³-hybridized carbons (Fsp3) is 0.333. The molecule has 0 radical (unpaired) electrons. The first-order chi connectivity index (χ1) is 6.99. The summed E-state index contributed by atoms with van der Waals surface area (Å²) in [7, 11) is -3.76. The summed E-state index contributed by atoms with van der Waals surface area (Å²) in [5.74, 6) is -0.757. The van der Waals surface area contributed by atoms with Gasteiger partial charge in [0.2, 0.25) is 10.0 Å². The van der Waals surface area contributed by atoms with Crippen LogP contribution >= 0.6 is 15.9 Å². The lowest BCUT2D eigenvalue weighted by molar-refractivity contribution is 0.555. The van der Waals surface area contributed by atoms with Crippen LogP contribution in [0.25, 0.3) is 0 Å². The summed E-state index contributed by atoms with van der Waals surface area (Å²) >= 11 is 3.02. The molecule has 84 valence electrons. The molecule has 0 spiro atoms. The minimum Gasteiger partial charge on any atom is -0.211 e. The minimum absolute atomic E-state index is 0.228. The van der Waals surface area contributed by atoms with Crippen molar-refractivity contribution < 1.29 is 12.8 Å². The number of benzene rings is 1. The van der Waals surface area contributed by atoms with E-state index in [9.17, 15) is 12.8 Å². The van der Waals surface area contributed by atoms with Crippen molar-refractivity contribution in [1.82, 2.24) is 4.72 Å². The highest BCUT2D eigenvalue weighted by Crippen LogP contribution is 2.24. The van der Waals surface area contributed by atoms with Gasteiger partial charge in [0, 0.05) is 11.0 Å². The van der Waals surface area contributed by atoms with Crippen LogP contribution in [0.3, 0.4) is 0 Å². The van der Waals surface area contributed by atoms with Gasteiger partial charge in [-0.05, 0) is 34.5 Å². The van der Waals surface area contributed by atoms with Gasteiger partial charge in [0.15, 0.2) is 0 Å². The molecule has 0 unspecified atom stereocenters. The monoisotopic (exact) mass is 295 g/mol. The van der Waals surface area contributed by atoms with E-state index < -0.39 is 15.8 Å². The van der Waals surface area contributed by atoms with Crippen LogP contribution in [0.15, 0.2) is 27.6 Å². The van der Waals surface area contributed by atoms with Gasteiger partial charge >= 0.3 is 0 Å². The van der Waals surface area contributed by atoms with Crippen molar-refractivity contribution >= 4 is 26.0 Å². The molecule has 0 heterocycles. The van der Waals surface area contributed by atoms with Crippen molar-refractivity contribution in [3.63, 3.8) is 0 Å². The maximum atomic E-state index is 13.3. The Morgan fingerprint density at radius 2 is 2.13 bits per heavy atom. The van der Waals surface area contributed by atoms with Gasteiger partial charge in [0.1, 0.15) is 10.7 Å². The van der Waals surface area contributed by atoms with E-state index in [1.807, 2.05) is 6.92 Å². The maximum Gasteiger partial charge on any atom is 0.244 e. The summed E-state index contributed by atoms with van der Waals surface area (Å²) in [6.07, 6.45) is 0.658. The van der Waals surface area contributed by atoms with Gasteiger partial charge in [-0.2, -0.15) is 0 Å². The molecule has 1 aromatic rings. The number of nitrogens with one attached hydrogen (secondary N) is 1. The molecule has 0 bridgehead atoms. The highest BCUT2D eigenvalue weighted by atomic mass is 79.9. The molecule has 0 fully saturated rings. The SMILES string of the molecule is CCCNS(=O)(=O)c1c(F)cccc1Br. The van der Waals surface area contributed by atoms with E-state index in [4.69, 9.17) is 0 Å². The van der Waals surface area contributed by atoms with Gasteiger partial charge in [-0.25, -0.2) is 17.5 Å².